The van der Waals surface area contributed by atoms with Crippen LogP contribution in [0.25, 0.3) is 0 Å². The van der Waals surface area contributed by atoms with Gasteiger partial charge in [-0.25, -0.2) is 8.42 Å². The lowest BCUT2D eigenvalue weighted by atomic mass is 9.96. The monoisotopic (exact) mass is 430 g/mol. The number of benzene rings is 1. The molecule has 4 rings (SSSR count). The average Bonchev–Trinajstić information content (AvgIpc) is 3.45. The largest absolute Gasteiger partial charge is 0.334 e. The van der Waals surface area contributed by atoms with Crippen LogP contribution in [0.2, 0.25) is 0 Å². The minimum absolute atomic E-state index is 0.0292. The molecule has 2 fully saturated rings. The zero-order chi connectivity index (χ0) is 21.3. The molecule has 2 aromatic rings. The first kappa shape index (κ1) is 20.7. The molecule has 2 saturated heterocycles. The third kappa shape index (κ3) is 3.91. The normalized spacial score (nSPS) is 21.1. The van der Waals surface area contributed by atoms with E-state index in [1.54, 1.807) is 6.20 Å². The van der Waals surface area contributed by atoms with E-state index in [-0.39, 0.29) is 28.5 Å². The van der Waals surface area contributed by atoms with E-state index in [4.69, 9.17) is 0 Å². The Morgan fingerprint density at radius 3 is 2.33 bits per heavy atom. The van der Waals surface area contributed by atoms with Gasteiger partial charge in [0.25, 0.3) is 0 Å². The Hall–Kier alpha value is -2.52. The maximum Gasteiger partial charge on any atom is 0.243 e. The molecule has 1 amide bonds. The molecule has 1 N–H and O–H groups in total. The minimum Gasteiger partial charge on any atom is -0.334 e. The van der Waals surface area contributed by atoms with Crippen LogP contribution in [0.5, 0.6) is 0 Å². The summed E-state index contributed by atoms with van der Waals surface area (Å²) in [7, 11) is -3.64. The molecule has 30 heavy (non-hydrogen) atoms. The van der Waals surface area contributed by atoms with Crippen molar-refractivity contribution in [2.24, 2.45) is 5.92 Å². The van der Waals surface area contributed by atoms with Crippen LogP contribution in [0.15, 0.2) is 41.4 Å². The number of carbonyl (C=O) groups is 2. The molecular weight excluding hydrogens is 404 g/mol. The molecule has 2 aliphatic rings. The van der Waals surface area contributed by atoms with Crippen LogP contribution >= 0.6 is 0 Å². The fourth-order valence-corrected chi connectivity index (χ4v) is 5.86. The number of likely N-dealkylation sites (tertiary alicyclic amines) is 1. The van der Waals surface area contributed by atoms with Gasteiger partial charge in [0.15, 0.2) is 5.78 Å². The van der Waals surface area contributed by atoms with Crippen LogP contribution in [0.3, 0.4) is 0 Å². The van der Waals surface area contributed by atoms with Gasteiger partial charge in [-0.05, 0) is 50.8 Å². The van der Waals surface area contributed by atoms with Crippen LogP contribution in [0.1, 0.15) is 54.7 Å². The summed E-state index contributed by atoms with van der Waals surface area (Å²) in [5.74, 6) is -0.163. The second kappa shape index (κ2) is 8.31. The number of nitrogens with one attached hydrogen (secondary N) is 1. The number of Topliss-reactive ketones (excluding diaryl/α,β-unsaturated/α-hetero) is 1. The SMILES string of the molecule is CC(=O)c1ccc(S(=O)(=O)N2CCC(C(=O)N3CCCC3c3ccn[nH]3)CC2)cc1. The molecular formula is C21H26N4O4S. The van der Waals surface area contributed by atoms with E-state index in [2.05, 4.69) is 10.2 Å². The quantitative estimate of drug-likeness (QED) is 0.734. The highest BCUT2D eigenvalue weighted by atomic mass is 32.2. The van der Waals surface area contributed by atoms with Gasteiger partial charge >= 0.3 is 0 Å². The highest BCUT2D eigenvalue weighted by Crippen LogP contribution is 2.34. The maximum atomic E-state index is 13.1. The van der Waals surface area contributed by atoms with Gasteiger partial charge < -0.3 is 4.90 Å². The highest BCUT2D eigenvalue weighted by Gasteiger charge is 2.38. The number of rotatable bonds is 5. The first-order valence-electron chi connectivity index (χ1n) is 10.3. The van der Waals surface area contributed by atoms with Crippen molar-refractivity contribution in [1.29, 1.82) is 0 Å². The zero-order valence-corrected chi connectivity index (χ0v) is 17.8. The molecule has 160 valence electrons. The number of hydrogen-bond acceptors (Lipinski definition) is 5. The molecule has 1 aromatic heterocycles. The molecule has 9 heteroatoms. The number of aromatic amines is 1. The molecule has 8 nitrogen and oxygen atoms in total. The van der Waals surface area contributed by atoms with Crippen LogP contribution in [0, 0.1) is 5.92 Å². The van der Waals surface area contributed by atoms with Crippen molar-refractivity contribution in [3.63, 3.8) is 0 Å². The van der Waals surface area contributed by atoms with Crippen molar-refractivity contribution in [3.8, 4) is 0 Å². The standard InChI is InChI=1S/C21H26N4O4S/c1-15(26)16-4-6-18(7-5-16)30(28,29)24-13-9-17(10-14-24)21(27)25-12-2-3-20(25)19-8-11-22-23-19/h4-8,11,17,20H,2-3,9-10,12-14H2,1H3,(H,22,23). The van der Waals surface area contributed by atoms with Gasteiger partial charge in [-0.3, -0.25) is 14.7 Å². The van der Waals surface area contributed by atoms with E-state index in [9.17, 15) is 18.0 Å². The Morgan fingerprint density at radius 1 is 1.03 bits per heavy atom. The van der Waals surface area contributed by atoms with E-state index in [1.807, 2.05) is 11.0 Å². The van der Waals surface area contributed by atoms with Crippen LogP contribution < -0.4 is 0 Å². The number of nitrogens with zero attached hydrogens (tertiary/aromatic N) is 3. The Morgan fingerprint density at radius 2 is 1.73 bits per heavy atom. The summed E-state index contributed by atoms with van der Waals surface area (Å²) in [6.45, 7) is 2.80. The fourth-order valence-electron chi connectivity index (χ4n) is 4.39. The van der Waals surface area contributed by atoms with Crippen molar-refractivity contribution in [3.05, 3.63) is 47.8 Å². The van der Waals surface area contributed by atoms with Gasteiger partial charge in [-0.1, -0.05) is 12.1 Å². The topological polar surface area (TPSA) is 103 Å². The fraction of sp³-hybridized carbons (Fsp3) is 0.476. The summed E-state index contributed by atoms with van der Waals surface area (Å²) in [4.78, 5) is 26.6. The molecule has 0 radical (unpaired) electrons. The zero-order valence-electron chi connectivity index (χ0n) is 17.0. The molecule has 0 bridgehead atoms. The Balaban J connectivity index is 1.40. The summed E-state index contributed by atoms with van der Waals surface area (Å²) in [5, 5.41) is 6.97. The summed E-state index contributed by atoms with van der Waals surface area (Å²) in [6.07, 6.45) is 4.59. The van der Waals surface area contributed by atoms with E-state index >= 15 is 0 Å². The number of carbonyl (C=O) groups excluding carboxylic acids is 2. The van der Waals surface area contributed by atoms with Crippen molar-refractivity contribution in [1.82, 2.24) is 19.4 Å². The van der Waals surface area contributed by atoms with Gasteiger partial charge in [-0.2, -0.15) is 9.40 Å². The lowest BCUT2D eigenvalue weighted by Gasteiger charge is -2.34. The van der Waals surface area contributed by atoms with Crippen molar-refractivity contribution in [2.75, 3.05) is 19.6 Å². The summed E-state index contributed by atoms with van der Waals surface area (Å²) >= 11 is 0. The van der Waals surface area contributed by atoms with Crippen LogP contribution in [-0.2, 0) is 14.8 Å². The number of aromatic nitrogens is 2. The summed E-state index contributed by atoms with van der Waals surface area (Å²) in [6, 6.07) is 7.96. The average molecular weight is 431 g/mol. The lowest BCUT2D eigenvalue weighted by molar-refractivity contribution is -0.137. The Labute approximate surface area is 176 Å². The van der Waals surface area contributed by atoms with Crippen LogP contribution in [-0.4, -0.2) is 59.1 Å². The van der Waals surface area contributed by atoms with Gasteiger partial charge in [0.1, 0.15) is 0 Å². The first-order valence-corrected chi connectivity index (χ1v) is 11.7. The number of piperidine rings is 1. The number of amides is 1. The molecule has 1 atom stereocenters. The smallest absolute Gasteiger partial charge is 0.243 e. The van der Waals surface area contributed by atoms with Gasteiger partial charge in [0.05, 0.1) is 16.6 Å². The second-order valence-corrected chi connectivity index (χ2v) is 9.90. The van der Waals surface area contributed by atoms with Crippen molar-refractivity contribution < 1.29 is 18.0 Å². The van der Waals surface area contributed by atoms with E-state index in [0.29, 0.717) is 31.5 Å². The number of H-pyrrole nitrogens is 1. The molecule has 2 aliphatic heterocycles. The van der Waals surface area contributed by atoms with Crippen molar-refractivity contribution >= 4 is 21.7 Å². The van der Waals surface area contributed by atoms with Gasteiger partial charge in [0.2, 0.25) is 15.9 Å². The molecule has 1 aromatic carbocycles. The molecule has 0 saturated carbocycles. The maximum absolute atomic E-state index is 13.1. The number of sulfonamides is 1. The van der Waals surface area contributed by atoms with Crippen LogP contribution in [0.4, 0.5) is 0 Å². The lowest BCUT2D eigenvalue weighted by Crippen LogP contribution is -2.44. The van der Waals surface area contributed by atoms with E-state index < -0.39 is 10.0 Å². The van der Waals surface area contributed by atoms with Gasteiger partial charge in [0, 0.05) is 37.3 Å². The summed E-state index contributed by atoms with van der Waals surface area (Å²) < 4.78 is 27.3. The predicted octanol–water partition coefficient (Wildman–Crippen LogP) is 2.38. The molecule has 0 spiro atoms. The second-order valence-electron chi connectivity index (χ2n) is 7.96. The first-order chi connectivity index (χ1) is 14.4. The predicted molar refractivity (Wildman–Crippen MR) is 110 cm³/mol. The Bertz CT molecular complexity index is 1010. The third-order valence-corrected chi connectivity index (χ3v) is 8.03. The highest BCUT2D eigenvalue weighted by molar-refractivity contribution is 7.89. The minimum atomic E-state index is -3.64. The van der Waals surface area contributed by atoms with E-state index in [1.165, 1.54) is 35.5 Å². The Kier molecular flexibility index (Phi) is 5.75. The third-order valence-electron chi connectivity index (χ3n) is 6.12. The van der Waals surface area contributed by atoms with Crippen molar-refractivity contribution in [2.45, 2.75) is 43.5 Å². The van der Waals surface area contributed by atoms with E-state index in [0.717, 1.165) is 25.1 Å². The van der Waals surface area contributed by atoms with Gasteiger partial charge in [-0.15, -0.1) is 0 Å². The molecule has 1 unspecified atom stereocenters. The molecule has 3 heterocycles. The number of hydrogen-bond donors (Lipinski definition) is 1. The number of ketones is 1. The molecule has 0 aliphatic carbocycles. The summed E-state index contributed by atoms with van der Waals surface area (Å²) in [5.41, 5.74) is 1.44.